The Bertz CT molecular complexity index is 978. The van der Waals surface area contributed by atoms with Gasteiger partial charge in [0.05, 0.1) is 13.0 Å². The number of alkyl carbamates (subject to hydrolysis) is 1. The summed E-state index contributed by atoms with van der Waals surface area (Å²) >= 11 is 0. The molecule has 9 nitrogen and oxygen atoms in total. The molecule has 38 heavy (non-hydrogen) atoms. The number of hydrogen-bond acceptors (Lipinski definition) is 6. The average molecular weight is 532 g/mol. The molecule has 2 rings (SSSR count). The van der Waals surface area contributed by atoms with Crippen LogP contribution < -0.4 is 10.6 Å². The smallest absolute Gasteiger partial charge is 0.408 e. The number of rotatable bonds is 12. The molecule has 0 spiro atoms. The minimum Gasteiger partial charge on any atom is -0.466 e. The quantitative estimate of drug-likeness (QED) is 0.388. The van der Waals surface area contributed by atoms with E-state index in [-0.39, 0.29) is 43.3 Å². The Labute approximate surface area is 227 Å². The van der Waals surface area contributed by atoms with Crippen molar-refractivity contribution in [3.63, 3.8) is 0 Å². The van der Waals surface area contributed by atoms with Gasteiger partial charge in [-0.2, -0.15) is 0 Å². The molecular weight excluding hydrogens is 486 g/mol. The van der Waals surface area contributed by atoms with Gasteiger partial charge in [-0.3, -0.25) is 14.4 Å². The van der Waals surface area contributed by atoms with Crippen LogP contribution in [-0.4, -0.2) is 59.6 Å². The molecule has 1 saturated carbocycles. The number of nitrogens with zero attached hydrogens (tertiary/aromatic N) is 1. The topological polar surface area (TPSA) is 114 Å². The summed E-state index contributed by atoms with van der Waals surface area (Å²) in [6.45, 7) is 15.1. The lowest BCUT2D eigenvalue weighted by Crippen LogP contribution is -2.56. The summed E-state index contributed by atoms with van der Waals surface area (Å²) in [6.07, 6.45) is 1.54. The molecule has 0 aromatic heterocycles. The van der Waals surface area contributed by atoms with E-state index >= 15 is 0 Å². The van der Waals surface area contributed by atoms with Crippen LogP contribution in [0.25, 0.3) is 0 Å². The molecule has 0 aliphatic heterocycles. The Morgan fingerprint density at radius 1 is 1.08 bits per heavy atom. The average Bonchev–Trinajstić information content (AvgIpc) is 3.65. The maximum Gasteiger partial charge on any atom is 0.408 e. The molecule has 3 atom stereocenters. The van der Waals surface area contributed by atoms with Gasteiger partial charge in [0.15, 0.2) is 0 Å². The standard InChI is InChI=1S/C29H45N3O6/c1-9-18(3)24(31-28(36)38-29(6,7)8)27(35)32(21-14-15-21)25(23-19(4)12-11-13-20(23)5)26(34)30-17-16-22(33)37-10-2/h11-13,18,21,24-25H,9-10,14-17H2,1-8H3,(H,30,34)(H,31,36). The number of aryl methyl sites for hydroxylation is 2. The molecule has 1 aromatic carbocycles. The Morgan fingerprint density at radius 3 is 2.18 bits per heavy atom. The van der Waals surface area contributed by atoms with E-state index in [1.807, 2.05) is 45.9 Å². The Hall–Kier alpha value is -3.10. The lowest BCUT2D eigenvalue weighted by Gasteiger charge is -2.37. The number of esters is 1. The summed E-state index contributed by atoms with van der Waals surface area (Å²) in [4.78, 5) is 54.2. The summed E-state index contributed by atoms with van der Waals surface area (Å²) < 4.78 is 10.4. The van der Waals surface area contributed by atoms with Crippen molar-refractivity contribution in [3.8, 4) is 0 Å². The molecule has 1 aliphatic carbocycles. The van der Waals surface area contributed by atoms with Gasteiger partial charge in [0.1, 0.15) is 17.7 Å². The van der Waals surface area contributed by atoms with Gasteiger partial charge in [0.25, 0.3) is 0 Å². The Balaban J connectivity index is 2.46. The van der Waals surface area contributed by atoms with Crippen molar-refractivity contribution < 1.29 is 28.7 Å². The molecule has 0 saturated heterocycles. The third kappa shape index (κ3) is 8.74. The van der Waals surface area contributed by atoms with Crippen LogP contribution in [0, 0.1) is 19.8 Å². The van der Waals surface area contributed by atoms with E-state index in [4.69, 9.17) is 9.47 Å². The molecule has 0 heterocycles. The lowest BCUT2D eigenvalue weighted by molar-refractivity contribution is -0.145. The maximum absolute atomic E-state index is 14.2. The van der Waals surface area contributed by atoms with Crippen molar-refractivity contribution in [1.29, 1.82) is 0 Å². The Morgan fingerprint density at radius 2 is 1.68 bits per heavy atom. The predicted molar refractivity (Wildman–Crippen MR) is 145 cm³/mol. The van der Waals surface area contributed by atoms with Gasteiger partial charge in [-0.1, -0.05) is 38.5 Å². The first-order valence-electron chi connectivity index (χ1n) is 13.6. The molecule has 212 valence electrons. The Kier molecular flexibility index (Phi) is 11.2. The van der Waals surface area contributed by atoms with Gasteiger partial charge in [-0.15, -0.1) is 0 Å². The van der Waals surface area contributed by atoms with E-state index < -0.39 is 29.7 Å². The van der Waals surface area contributed by atoms with Crippen molar-refractivity contribution in [1.82, 2.24) is 15.5 Å². The fourth-order valence-corrected chi connectivity index (χ4v) is 4.42. The molecule has 3 unspecified atom stereocenters. The first-order valence-corrected chi connectivity index (χ1v) is 13.6. The number of ether oxygens (including phenoxy) is 2. The maximum atomic E-state index is 14.2. The monoisotopic (exact) mass is 531 g/mol. The summed E-state index contributed by atoms with van der Waals surface area (Å²) in [5.41, 5.74) is 1.80. The first-order chi connectivity index (χ1) is 17.8. The second-order valence-corrected chi connectivity index (χ2v) is 11.0. The first kappa shape index (κ1) is 31.1. The molecule has 1 fully saturated rings. The second-order valence-electron chi connectivity index (χ2n) is 11.0. The zero-order chi connectivity index (χ0) is 28.6. The SMILES string of the molecule is CCOC(=O)CCNC(=O)C(c1c(C)cccc1C)N(C(=O)C(NC(=O)OC(C)(C)C)C(C)CC)C1CC1. The van der Waals surface area contributed by atoms with Crippen LogP contribution in [0.3, 0.4) is 0 Å². The highest BCUT2D eigenvalue weighted by Gasteiger charge is 2.45. The normalized spacial score (nSPS) is 15.6. The molecule has 0 bridgehead atoms. The van der Waals surface area contributed by atoms with E-state index in [9.17, 15) is 19.2 Å². The third-order valence-electron chi connectivity index (χ3n) is 6.62. The van der Waals surface area contributed by atoms with Gasteiger partial charge in [-0.25, -0.2) is 4.79 Å². The van der Waals surface area contributed by atoms with Gasteiger partial charge in [-0.05, 0) is 77.0 Å². The van der Waals surface area contributed by atoms with E-state index in [2.05, 4.69) is 10.6 Å². The molecule has 9 heteroatoms. The van der Waals surface area contributed by atoms with E-state index in [1.54, 1.807) is 32.6 Å². The van der Waals surface area contributed by atoms with E-state index in [0.717, 1.165) is 29.5 Å². The van der Waals surface area contributed by atoms with Gasteiger partial charge in [0, 0.05) is 12.6 Å². The zero-order valence-corrected chi connectivity index (χ0v) is 24.2. The van der Waals surface area contributed by atoms with Crippen LogP contribution in [0.5, 0.6) is 0 Å². The molecule has 3 amide bonds. The minimum absolute atomic E-state index is 0.0339. The minimum atomic E-state index is -0.912. The van der Waals surface area contributed by atoms with Crippen molar-refractivity contribution in [3.05, 3.63) is 34.9 Å². The second kappa shape index (κ2) is 13.6. The van der Waals surface area contributed by atoms with Crippen LogP contribution in [0.1, 0.15) is 90.0 Å². The summed E-state index contributed by atoms with van der Waals surface area (Å²) in [5.74, 6) is -1.28. The number of nitrogens with one attached hydrogen (secondary N) is 2. The lowest BCUT2D eigenvalue weighted by atomic mass is 9.91. The molecule has 1 aromatic rings. The predicted octanol–water partition coefficient (Wildman–Crippen LogP) is 4.34. The van der Waals surface area contributed by atoms with Gasteiger partial charge in [0.2, 0.25) is 11.8 Å². The van der Waals surface area contributed by atoms with Crippen molar-refractivity contribution in [2.75, 3.05) is 13.2 Å². The van der Waals surface area contributed by atoms with Crippen LogP contribution in [0.4, 0.5) is 4.79 Å². The number of carbonyl (C=O) groups is 4. The van der Waals surface area contributed by atoms with Crippen LogP contribution >= 0.6 is 0 Å². The largest absolute Gasteiger partial charge is 0.466 e. The fraction of sp³-hybridized carbons (Fsp3) is 0.655. The summed E-state index contributed by atoms with van der Waals surface area (Å²) in [7, 11) is 0. The fourth-order valence-electron chi connectivity index (χ4n) is 4.42. The highest BCUT2D eigenvalue weighted by Crippen LogP contribution is 2.38. The highest BCUT2D eigenvalue weighted by atomic mass is 16.6. The van der Waals surface area contributed by atoms with Crippen LogP contribution in [0.2, 0.25) is 0 Å². The van der Waals surface area contributed by atoms with Crippen LogP contribution in [0.15, 0.2) is 18.2 Å². The zero-order valence-electron chi connectivity index (χ0n) is 24.2. The number of hydrogen-bond donors (Lipinski definition) is 2. The number of amides is 3. The van der Waals surface area contributed by atoms with Crippen molar-refractivity contribution >= 4 is 23.9 Å². The van der Waals surface area contributed by atoms with Gasteiger partial charge >= 0.3 is 12.1 Å². The van der Waals surface area contributed by atoms with E-state index in [0.29, 0.717) is 6.42 Å². The van der Waals surface area contributed by atoms with E-state index in [1.165, 1.54) is 0 Å². The van der Waals surface area contributed by atoms with Crippen molar-refractivity contribution in [2.24, 2.45) is 5.92 Å². The molecular formula is C29H45N3O6. The summed E-state index contributed by atoms with van der Waals surface area (Å²) in [6, 6.07) is 3.84. The number of carbonyl (C=O) groups excluding carboxylic acids is 4. The van der Waals surface area contributed by atoms with Crippen LogP contribution in [-0.2, 0) is 23.9 Å². The number of benzene rings is 1. The summed E-state index contributed by atoms with van der Waals surface area (Å²) in [5, 5.41) is 5.64. The molecule has 1 aliphatic rings. The highest BCUT2D eigenvalue weighted by molar-refractivity contribution is 5.93. The molecule has 2 N–H and O–H groups in total. The van der Waals surface area contributed by atoms with Crippen molar-refractivity contribution in [2.45, 2.75) is 105 Å². The third-order valence-corrected chi connectivity index (χ3v) is 6.62. The molecule has 0 radical (unpaired) electrons. The van der Waals surface area contributed by atoms with Gasteiger partial charge < -0.3 is 25.0 Å².